The van der Waals surface area contributed by atoms with Gasteiger partial charge in [-0.25, -0.2) is 9.18 Å². The van der Waals surface area contributed by atoms with E-state index < -0.39 is 39.7 Å². The van der Waals surface area contributed by atoms with E-state index in [1.54, 1.807) is 75.4 Å². The third kappa shape index (κ3) is 9.16. The lowest BCUT2D eigenvalue weighted by molar-refractivity contribution is -0.138. The van der Waals surface area contributed by atoms with Crippen molar-refractivity contribution in [1.29, 1.82) is 0 Å². The number of amides is 1. The van der Waals surface area contributed by atoms with E-state index in [4.69, 9.17) is 9.26 Å². The number of nitrogens with one attached hydrogen (secondary N) is 3. The van der Waals surface area contributed by atoms with Crippen LogP contribution in [0.25, 0.3) is 22.8 Å². The molecule has 0 radical (unpaired) electrons. The Morgan fingerprint density at radius 2 is 1.72 bits per heavy atom. The van der Waals surface area contributed by atoms with Crippen LogP contribution >= 0.6 is 0 Å². The van der Waals surface area contributed by atoms with Crippen LogP contribution in [-0.2, 0) is 32.7 Å². The molecule has 226 valence electrons. The zero-order chi connectivity index (χ0) is 31.2. The summed E-state index contributed by atoms with van der Waals surface area (Å²) in [5.74, 6) is -2.12. The van der Waals surface area contributed by atoms with E-state index in [1.165, 1.54) is 12.1 Å². The Balaban J connectivity index is 1.40. The van der Waals surface area contributed by atoms with Crippen LogP contribution in [0.3, 0.4) is 0 Å². The predicted octanol–water partition coefficient (Wildman–Crippen LogP) is 4.51. The maximum absolute atomic E-state index is 15.1. The zero-order valence-electron chi connectivity index (χ0n) is 23.5. The van der Waals surface area contributed by atoms with Gasteiger partial charge in [0.25, 0.3) is 16.1 Å². The second-order valence-corrected chi connectivity index (χ2v) is 12.0. The molecule has 0 aliphatic heterocycles. The van der Waals surface area contributed by atoms with Crippen molar-refractivity contribution in [2.24, 2.45) is 0 Å². The number of anilines is 1. The summed E-state index contributed by atoms with van der Waals surface area (Å²) in [5.41, 5.74) is 1.27. The summed E-state index contributed by atoms with van der Waals surface area (Å²) in [7, 11) is -4.18. The standard InChI is InChI=1S/C29H30FN5O7S/c1-29(2,3)41-28(38)32-21-12-10-20(11-13-21)26-33-25(34-42-26)22-14-9-19(15-23(22)30)16-24(27(36)37)35-43(39,40)31-17-18-7-5-4-6-8-18/h4-15,24,31,35H,16-17H2,1-3H3,(H,32,38)(H,36,37). The summed E-state index contributed by atoms with van der Waals surface area (Å²) < 4.78 is 54.8. The molecule has 0 saturated heterocycles. The van der Waals surface area contributed by atoms with Crippen LogP contribution in [0, 0.1) is 5.82 Å². The highest BCUT2D eigenvalue weighted by atomic mass is 32.2. The number of carbonyl (C=O) groups is 2. The largest absolute Gasteiger partial charge is 0.480 e. The van der Waals surface area contributed by atoms with Crippen LogP contribution in [0.15, 0.2) is 77.3 Å². The Morgan fingerprint density at radius 1 is 1.02 bits per heavy atom. The Hall–Kier alpha value is -4.66. The van der Waals surface area contributed by atoms with Gasteiger partial charge in [0.1, 0.15) is 17.5 Å². The Labute approximate surface area is 247 Å². The van der Waals surface area contributed by atoms with Gasteiger partial charge >= 0.3 is 12.1 Å². The normalized spacial score (nSPS) is 12.5. The lowest BCUT2D eigenvalue weighted by Gasteiger charge is -2.19. The number of rotatable bonds is 11. The number of nitrogens with zero attached hydrogens (tertiary/aromatic N) is 2. The van der Waals surface area contributed by atoms with E-state index in [9.17, 15) is 23.1 Å². The minimum atomic E-state index is -4.18. The number of aliphatic carboxylic acids is 1. The van der Waals surface area contributed by atoms with E-state index in [0.29, 0.717) is 16.8 Å². The summed E-state index contributed by atoms with van der Waals surface area (Å²) in [6.07, 6.45) is -0.925. The van der Waals surface area contributed by atoms with Gasteiger partial charge in [-0.3, -0.25) is 10.1 Å². The number of halogens is 1. The molecule has 43 heavy (non-hydrogen) atoms. The van der Waals surface area contributed by atoms with Gasteiger partial charge in [0.2, 0.25) is 5.82 Å². The molecule has 1 unspecified atom stereocenters. The average Bonchev–Trinajstić information content (AvgIpc) is 3.41. The molecule has 1 amide bonds. The Kier molecular flexibility index (Phi) is 9.53. The molecule has 4 rings (SSSR count). The minimum Gasteiger partial charge on any atom is -0.480 e. The fourth-order valence-electron chi connectivity index (χ4n) is 3.85. The van der Waals surface area contributed by atoms with Crippen LogP contribution in [0.2, 0.25) is 0 Å². The first-order valence-electron chi connectivity index (χ1n) is 13.0. The SMILES string of the molecule is CC(C)(C)OC(=O)Nc1ccc(-c2nc(-c3ccc(CC(NS(=O)(=O)NCc4ccccc4)C(=O)O)cc3F)no2)cc1. The topological polar surface area (TPSA) is 173 Å². The number of aromatic nitrogens is 2. The number of hydrogen-bond acceptors (Lipinski definition) is 8. The highest BCUT2D eigenvalue weighted by Crippen LogP contribution is 2.26. The van der Waals surface area contributed by atoms with Gasteiger partial charge in [0, 0.05) is 17.8 Å². The van der Waals surface area contributed by atoms with E-state index in [2.05, 4.69) is 24.9 Å². The van der Waals surface area contributed by atoms with E-state index in [-0.39, 0.29) is 35.8 Å². The predicted molar refractivity (Wildman–Crippen MR) is 155 cm³/mol. The van der Waals surface area contributed by atoms with Gasteiger partial charge < -0.3 is 14.4 Å². The van der Waals surface area contributed by atoms with Gasteiger partial charge in [0.15, 0.2) is 0 Å². The maximum atomic E-state index is 15.1. The molecule has 0 aliphatic rings. The lowest BCUT2D eigenvalue weighted by atomic mass is 10.0. The Bertz CT molecular complexity index is 1690. The molecule has 0 saturated carbocycles. The van der Waals surface area contributed by atoms with Gasteiger partial charge in [-0.15, -0.1) is 0 Å². The monoisotopic (exact) mass is 611 g/mol. The second kappa shape index (κ2) is 13.1. The van der Waals surface area contributed by atoms with Crippen LogP contribution in [0.4, 0.5) is 14.9 Å². The van der Waals surface area contributed by atoms with Crippen LogP contribution < -0.4 is 14.8 Å². The quantitative estimate of drug-likeness (QED) is 0.190. The molecule has 14 heteroatoms. The van der Waals surface area contributed by atoms with Crippen molar-refractivity contribution in [3.8, 4) is 22.8 Å². The Morgan fingerprint density at radius 3 is 2.35 bits per heavy atom. The highest BCUT2D eigenvalue weighted by Gasteiger charge is 2.25. The molecular formula is C29H30FN5O7S. The third-order valence-electron chi connectivity index (χ3n) is 5.82. The molecule has 0 aliphatic carbocycles. The number of carboxylic acids is 1. The summed E-state index contributed by atoms with van der Waals surface area (Å²) in [5, 5.41) is 16.0. The fourth-order valence-corrected chi connectivity index (χ4v) is 4.85. The van der Waals surface area contributed by atoms with Crippen molar-refractivity contribution < 1.29 is 36.8 Å². The van der Waals surface area contributed by atoms with Crippen molar-refractivity contribution in [1.82, 2.24) is 19.6 Å². The number of hydrogen-bond donors (Lipinski definition) is 4. The van der Waals surface area contributed by atoms with Gasteiger partial charge in [-0.05, 0) is 74.7 Å². The molecule has 1 aromatic heterocycles. The molecule has 1 heterocycles. The fraction of sp³-hybridized carbons (Fsp3) is 0.241. The van der Waals surface area contributed by atoms with Crippen molar-refractivity contribution in [3.63, 3.8) is 0 Å². The summed E-state index contributed by atoms with van der Waals surface area (Å²) in [4.78, 5) is 28.0. The van der Waals surface area contributed by atoms with Crippen molar-refractivity contribution >= 4 is 28.0 Å². The van der Waals surface area contributed by atoms with E-state index >= 15 is 4.39 Å². The van der Waals surface area contributed by atoms with E-state index in [1.807, 2.05) is 0 Å². The number of benzene rings is 3. The molecule has 4 N–H and O–H groups in total. The molecule has 0 spiro atoms. The van der Waals surface area contributed by atoms with Gasteiger partial charge in [0.05, 0.1) is 5.56 Å². The average molecular weight is 612 g/mol. The number of ether oxygens (including phenoxy) is 1. The highest BCUT2D eigenvalue weighted by molar-refractivity contribution is 7.87. The molecule has 0 bridgehead atoms. The van der Waals surface area contributed by atoms with Crippen LogP contribution in [0.5, 0.6) is 0 Å². The van der Waals surface area contributed by atoms with Gasteiger partial charge in [-0.1, -0.05) is 41.6 Å². The third-order valence-corrected chi connectivity index (χ3v) is 6.94. The van der Waals surface area contributed by atoms with Crippen molar-refractivity contribution in [3.05, 3.63) is 89.7 Å². The van der Waals surface area contributed by atoms with Crippen molar-refractivity contribution in [2.75, 3.05) is 5.32 Å². The number of carbonyl (C=O) groups excluding carboxylic acids is 1. The minimum absolute atomic E-state index is 0.000976. The molecule has 3 aromatic carbocycles. The van der Waals surface area contributed by atoms with Crippen molar-refractivity contribution in [2.45, 2.75) is 45.4 Å². The number of carboxylic acid groups (broad SMARTS) is 1. The second-order valence-electron chi connectivity index (χ2n) is 10.5. The van der Waals surface area contributed by atoms with Crippen LogP contribution in [0.1, 0.15) is 31.9 Å². The molecule has 12 nitrogen and oxygen atoms in total. The lowest BCUT2D eigenvalue weighted by Crippen LogP contribution is -2.47. The first-order valence-corrected chi connectivity index (χ1v) is 14.5. The van der Waals surface area contributed by atoms with E-state index in [0.717, 1.165) is 6.07 Å². The first kappa shape index (κ1) is 31.3. The first-order chi connectivity index (χ1) is 20.3. The molecule has 1 atom stereocenters. The zero-order valence-corrected chi connectivity index (χ0v) is 24.3. The molecular weight excluding hydrogens is 581 g/mol. The summed E-state index contributed by atoms with van der Waals surface area (Å²) in [6.45, 7) is 5.22. The molecule has 0 fully saturated rings. The maximum Gasteiger partial charge on any atom is 0.412 e. The summed E-state index contributed by atoms with van der Waals surface area (Å²) in [6, 6.07) is 17.5. The molecule has 4 aromatic rings. The van der Waals surface area contributed by atoms with Crippen LogP contribution in [-0.4, -0.2) is 47.4 Å². The summed E-state index contributed by atoms with van der Waals surface area (Å²) >= 11 is 0. The smallest absolute Gasteiger partial charge is 0.412 e. The van der Waals surface area contributed by atoms with Gasteiger partial charge in [-0.2, -0.15) is 22.8 Å².